The van der Waals surface area contributed by atoms with E-state index in [-0.39, 0.29) is 11.8 Å². The second-order valence-corrected chi connectivity index (χ2v) is 3.57. The number of carbonyl (C=O) groups excluding carboxylic acids is 2. The molecule has 2 amide bonds. The summed E-state index contributed by atoms with van der Waals surface area (Å²) in [6.45, 7) is 0. The van der Waals surface area contributed by atoms with Crippen LogP contribution in [0.15, 0.2) is 18.2 Å². The van der Waals surface area contributed by atoms with Crippen molar-refractivity contribution in [3.05, 3.63) is 29.3 Å². The van der Waals surface area contributed by atoms with Crippen molar-refractivity contribution in [3.63, 3.8) is 0 Å². The number of nitrogens with two attached hydrogens (primary N) is 1. The van der Waals surface area contributed by atoms with Crippen LogP contribution in [0.3, 0.4) is 0 Å². The molecule has 0 unspecified atom stereocenters. The normalized spacial score (nSPS) is 15.0. The molecule has 0 saturated heterocycles. The highest BCUT2D eigenvalue weighted by Gasteiger charge is 2.36. The number of hydrogen-bond donors (Lipinski definition) is 1. The van der Waals surface area contributed by atoms with Crippen LogP contribution in [-0.2, 0) is 0 Å². The van der Waals surface area contributed by atoms with E-state index in [9.17, 15) is 9.59 Å². The zero-order valence-electron chi connectivity index (χ0n) is 8.52. The standard InChI is InChI=1S/C10H11N3O2/c1-12(2)13-9(14)7-4-3-6(11)5-8(7)10(13)15/h3-5H,11H2,1-2H3. The van der Waals surface area contributed by atoms with Gasteiger partial charge in [0.1, 0.15) is 0 Å². The van der Waals surface area contributed by atoms with Crippen LogP contribution >= 0.6 is 0 Å². The number of rotatable bonds is 1. The zero-order valence-corrected chi connectivity index (χ0v) is 8.52. The van der Waals surface area contributed by atoms with Crippen LogP contribution in [0.5, 0.6) is 0 Å². The minimum atomic E-state index is -0.327. The van der Waals surface area contributed by atoms with Gasteiger partial charge in [-0.15, -0.1) is 0 Å². The third-order valence-electron chi connectivity index (χ3n) is 2.29. The van der Waals surface area contributed by atoms with Crippen molar-refractivity contribution < 1.29 is 9.59 Å². The number of nitrogen functional groups attached to an aromatic ring is 1. The van der Waals surface area contributed by atoms with E-state index in [4.69, 9.17) is 5.73 Å². The Morgan fingerprint density at radius 1 is 1.13 bits per heavy atom. The summed E-state index contributed by atoms with van der Waals surface area (Å²) in [5, 5.41) is 2.55. The summed E-state index contributed by atoms with van der Waals surface area (Å²) >= 11 is 0. The molecule has 2 N–H and O–H groups in total. The van der Waals surface area contributed by atoms with Crippen molar-refractivity contribution in [2.75, 3.05) is 19.8 Å². The van der Waals surface area contributed by atoms with Crippen LogP contribution in [0, 0.1) is 0 Å². The smallest absolute Gasteiger partial charge is 0.276 e. The van der Waals surface area contributed by atoms with Gasteiger partial charge in [0.15, 0.2) is 0 Å². The molecule has 78 valence electrons. The fourth-order valence-electron chi connectivity index (χ4n) is 1.61. The number of nitrogens with zero attached hydrogens (tertiary/aromatic N) is 2. The topological polar surface area (TPSA) is 66.6 Å². The lowest BCUT2D eigenvalue weighted by atomic mass is 10.1. The first-order valence-electron chi connectivity index (χ1n) is 4.48. The van der Waals surface area contributed by atoms with Gasteiger partial charge in [0.25, 0.3) is 11.8 Å². The van der Waals surface area contributed by atoms with Crippen molar-refractivity contribution >= 4 is 17.5 Å². The highest BCUT2D eigenvalue weighted by molar-refractivity contribution is 6.21. The number of hydrazine groups is 1. The molecule has 1 aromatic rings. The first-order chi connectivity index (χ1) is 7.02. The van der Waals surface area contributed by atoms with Gasteiger partial charge in [-0.05, 0) is 18.2 Å². The molecule has 15 heavy (non-hydrogen) atoms. The maximum Gasteiger partial charge on any atom is 0.276 e. The average Bonchev–Trinajstić information content (AvgIpc) is 2.39. The van der Waals surface area contributed by atoms with Crippen LogP contribution in [0.2, 0.25) is 0 Å². The van der Waals surface area contributed by atoms with Gasteiger partial charge < -0.3 is 5.73 Å². The number of fused-ring (bicyclic) bond motifs is 1. The van der Waals surface area contributed by atoms with Gasteiger partial charge >= 0.3 is 0 Å². The largest absolute Gasteiger partial charge is 0.399 e. The fraction of sp³-hybridized carbons (Fsp3) is 0.200. The molecular weight excluding hydrogens is 194 g/mol. The Balaban J connectivity index is 2.56. The number of imide groups is 1. The molecule has 5 nitrogen and oxygen atoms in total. The Kier molecular flexibility index (Phi) is 1.97. The van der Waals surface area contributed by atoms with Crippen molar-refractivity contribution in [1.82, 2.24) is 10.0 Å². The van der Waals surface area contributed by atoms with Gasteiger partial charge in [0.2, 0.25) is 0 Å². The summed E-state index contributed by atoms with van der Waals surface area (Å²) in [7, 11) is 3.29. The van der Waals surface area contributed by atoms with Crippen molar-refractivity contribution in [2.45, 2.75) is 0 Å². The lowest BCUT2D eigenvalue weighted by Crippen LogP contribution is -2.41. The Hall–Kier alpha value is -1.88. The first kappa shape index (κ1) is 9.67. The Bertz CT molecular complexity index is 454. The minimum absolute atomic E-state index is 0.306. The number of benzene rings is 1. The molecule has 1 heterocycles. The Morgan fingerprint density at radius 3 is 2.33 bits per heavy atom. The van der Waals surface area contributed by atoms with Crippen molar-refractivity contribution in [1.29, 1.82) is 0 Å². The van der Waals surface area contributed by atoms with Gasteiger partial charge in [-0.1, -0.05) is 0 Å². The number of carbonyl (C=O) groups is 2. The molecule has 0 aliphatic carbocycles. The van der Waals surface area contributed by atoms with E-state index in [1.54, 1.807) is 26.2 Å². The summed E-state index contributed by atoms with van der Waals surface area (Å²) in [4.78, 5) is 23.6. The SMILES string of the molecule is CN(C)N1C(=O)c2ccc(N)cc2C1=O. The van der Waals surface area contributed by atoms with Gasteiger partial charge in [0, 0.05) is 19.8 Å². The van der Waals surface area contributed by atoms with Crippen molar-refractivity contribution in [2.24, 2.45) is 0 Å². The molecule has 5 heteroatoms. The van der Waals surface area contributed by atoms with Crippen LogP contribution in [0.4, 0.5) is 5.69 Å². The molecule has 0 bridgehead atoms. The van der Waals surface area contributed by atoms with Gasteiger partial charge in [-0.3, -0.25) is 9.59 Å². The molecule has 0 radical (unpaired) electrons. The van der Waals surface area contributed by atoms with Gasteiger partial charge in [-0.25, -0.2) is 10.0 Å². The van der Waals surface area contributed by atoms with Crippen LogP contribution in [-0.4, -0.2) is 35.9 Å². The van der Waals surface area contributed by atoms with Crippen LogP contribution in [0.1, 0.15) is 20.7 Å². The zero-order chi connectivity index (χ0) is 11.2. The van der Waals surface area contributed by atoms with Crippen LogP contribution in [0.25, 0.3) is 0 Å². The minimum Gasteiger partial charge on any atom is -0.399 e. The average molecular weight is 205 g/mol. The third kappa shape index (κ3) is 1.28. The van der Waals surface area contributed by atoms with E-state index >= 15 is 0 Å². The molecule has 0 aromatic heterocycles. The number of hydrogen-bond acceptors (Lipinski definition) is 4. The molecule has 1 aliphatic heterocycles. The maximum absolute atomic E-state index is 11.8. The Morgan fingerprint density at radius 2 is 1.73 bits per heavy atom. The summed E-state index contributed by atoms with van der Waals surface area (Å²) in [6, 6.07) is 4.72. The monoisotopic (exact) mass is 205 g/mol. The first-order valence-corrected chi connectivity index (χ1v) is 4.48. The number of anilines is 1. The van der Waals surface area contributed by atoms with E-state index in [1.807, 2.05) is 0 Å². The number of amides is 2. The molecule has 1 aliphatic rings. The highest BCUT2D eigenvalue weighted by atomic mass is 16.2. The summed E-state index contributed by atoms with van der Waals surface area (Å²) in [6.07, 6.45) is 0. The summed E-state index contributed by atoms with van der Waals surface area (Å²) < 4.78 is 0. The van der Waals surface area contributed by atoms with Crippen LogP contribution < -0.4 is 5.73 Å². The maximum atomic E-state index is 11.8. The Labute approximate surface area is 87.0 Å². The molecule has 1 aromatic carbocycles. The summed E-state index contributed by atoms with van der Waals surface area (Å²) in [5.74, 6) is -0.632. The molecule has 0 spiro atoms. The second kappa shape index (κ2) is 3.06. The second-order valence-electron chi connectivity index (χ2n) is 3.57. The van der Waals surface area contributed by atoms with Gasteiger partial charge in [0.05, 0.1) is 11.1 Å². The quantitative estimate of drug-likeness (QED) is 0.530. The third-order valence-corrected chi connectivity index (χ3v) is 2.29. The lowest BCUT2D eigenvalue weighted by Gasteiger charge is -2.20. The molecule has 0 saturated carbocycles. The van der Waals surface area contributed by atoms with E-state index < -0.39 is 0 Å². The lowest BCUT2D eigenvalue weighted by molar-refractivity contribution is 0.0234. The fourth-order valence-corrected chi connectivity index (χ4v) is 1.61. The summed E-state index contributed by atoms with van der Waals surface area (Å²) in [5.41, 5.74) is 6.82. The van der Waals surface area contributed by atoms with E-state index in [1.165, 1.54) is 11.1 Å². The van der Waals surface area contributed by atoms with E-state index in [0.717, 1.165) is 5.01 Å². The molecule has 0 fully saturated rings. The predicted molar refractivity (Wildman–Crippen MR) is 55.0 cm³/mol. The molecule has 0 atom stereocenters. The molecule has 2 rings (SSSR count). The van der Waals surface area contributed by atoms with E-state index in [0.29, 0.717) is 16.8 Å². The van der Waals surface area contributed by atoms with E-state index in [2.05, 4.69) is 0 Å². The van der Waals surface area contributed by atoms with Crippen molar-refractivity contribution in [3.8, 4) is 0 Å². The molecular formula is C10H11N3O2. The highest BCUT2D eigenvalue weighted by Crippen LogP contribution is 2.24. The predicted octanol–water partition coefficient (Wildman–Crippen LogP) is 0.341. The van der Waals surface area contributed by atoms with Gasteiger partial charge in [-0.2, -0.15) is 0 Å².